The van der Waals surface area contributed by atoms with E-state index in [1.165, 1.54) is 12.1 Å². The van der Waals surface area contributed by atoms with Gasteiger partial charge in [0.05, 0.1) is 0 Å². The lowest BCUT2D eigenvalue weighted by Gasteiger charge is -2.21. The van der Waals surface area contributed by atoms with Crippen molar-refractivity contribution in [2.75, 3.05) is 13.1 Å². The van der Waals surface area contributed by atoms with E-state index < -0.39 is 12.0 Å². The predicted octanol–water partition coefficient (Wildman–Crippen LogP) is 2.36. The van der Waals surface area contributed by atoms with E-state index >= 15 is 0 Å². The van der Waals surface area contributed by atoms with Gasteiger partial charge in [0.15, 0.2) is 0 Å². The van der Waals surface area contributed by atoms with E-state index in [4.69, 9.17) is 10.8 Å². The molecule has 2 rings (SSSR count). The summed E-state index contributed by atoms with van der Waals surface area (Å²) in [5.41, 5.74) is 6.68. The molecule has 1 aromatic rings. The number of nitrogens with two attached hydrogens (primary N) is 1. The summed E-state index contributed by atoms with van der Waals surface area (Å²) in [6.07, 6.45) is 4.12. The fraction of sp³-hybridized carbons (Fsp3) is 0.471. The number of halogens is 1. The van der Waals surface area contributed by atoms with Gasteiger partial charge in [-0.2, -0.15) is 0 Å². The molecule has 1 fully saturated rings. The van der Waals surface area contributed by atoms with Crippen molar-refractivity contribution in [2.45, 2.75) is 37.3 Å². The van der Waals surface area contributed by atoms with Gasteiger partial charge in [0, 0.05) is 18.5 Å². The molecule has 0 heterocycles. The Balaban J connectivity index is 1.86. The van der Waals surface area contributed by atoms with Crippen LogP contribution in [0.4, 0.5) is 4.39 Å². The molecule has 0 spiro atoms. The molecular formula is C17H23FN2O2. The smallest absolute Gasteiger partial charge is 0.320 e. The predicted molar refractivity (Wildman–Crippen MR) is 84.2 cm³/mol. The lowest BCUT2D eigenvalue weighted by atomic mass is 10.1. The molecule has 1 saturated carbocycles. The van der Waals surface area contributed by atoms with Crippen LogP contribution in [0.1, 0.15) is 30.7 Å². The Labute approximate surface area is 130 Å². The van der Waals surface area contributed by atoms with E-state index in [0.29, 0.717) is 18.4 Å². The topological polar surface area (TPSA) is 66.6 Å². The normalized spacial score (nSPS) is 21.6. The van der Waals surface area contributed by atoms with Crippen LogP contribution in [0.3, 0.4) is 0 Å². The van der Waals surface area contributed by atoms with E-state index in [0.717, 1.165) is 31.5 Å². The quantitative estimate of drug-likeness (QED) is 0.687. The van der Waals surface area contributed by atoms with Gasteiger partial charge >= 0.3 is 5.97 Å². The summed E-state index contributed by atoms with van der Waals surface area (Å²) in [5, 5.41) is 8.80. The minimum atomic E-state index is -0.953. The molecule has 2 unspecified atom stereocenters. The fourth-order valence-electron chi connectivity index (χ4n) is 2.85. The monoisotopic (exact) mass is 306 g/mol. The van der Waals surface area contributed by atoms with Crippen molar-refractivity contribution < 1.29 is 14.3 Å². The molecule has 0 amide bonds. The molecule has 0 aliphatic heterocycles. The Bertz CT molecular complexity index is 518. The van der Waals surface area contributed by atoms with Crippen molar-refractivity contribution in [3.8, 4) is 0 Å². The molecule has 0 radical (unpaired) electrons. The second-order valence-corrected chi connectivity index (χ2v) is 5.83. The van der Waals surface area contributed by atoms with E-state index in [2.05, 4.69) is 11.5 Å². The molecule has 1 aliphatic rings. The van der Waals surface area contributed by atoms with Crippen LogP contribution in [-0.4, -0.2) is 41.1 Å². The molecule has 22 heavy (non-hydrogen) atoms. The maximum absolute atomic E-state index is 13.0. The second kappa shape index (κ2) is 7.51. The number of carbonyl (C=O) groups is 1. The third-order valence-corrected chi connectivity index (χ3v) is 4.17. The largest absolute Gasteiger partial charge is 0.480 e. The van der Waals surface area contributed by atoms with Gasteiger partial charge in [-0.25, -0.2) is 4.39 Å². The third-order valence-electron chi connectivity index (χ3n) is 4.17. The highest BCUT2D eigenvalue weighted by Gasteiger charge is 2.41. The number of carboxylic acid groups (broad SMARTS) is 1. The van der Waals surface area contributed by atoms with Gasteiger partial charge in [-0.05, 0) is 43.5 Å². The highest BCUT2D eigenvalue weighted by molar-refractivity contribution is 5.72. The van der Waals surface area contributed by atoms with Crippen LogP contribution in [0.2, 0.25) is 0 Å². The molecule has 5 heteroatoms. The van der Waals surface area contributed by atoms with Crippen LogP contribution in [0.25, 0.3) is 0 Å². The Morgan fingerprint density at radius 1 is 1.50 bits per heavy atom. The number of hydrogen-bond donors (Lipinski definition) is 2. The Hall–Kier alpha value is -1.72. The molecule has 3 atom stereocenters. The number of benzene rings is 1. The number of rotatable bonds is 9. The molecular weight excluding hydrogens is 283 g/mol. The number of hydrogen-bond acceptors (Lipinski definition) is 3. The van der Waals surface area contributed by atoms with Crippen molar-refractivity contribution >= 4 is 5.97 Å². The van der Waals surface area contributed by atoms with E-state index in [1.54, 1.807) is 0 Å². The SMILES string of the molecule is C=CCN(CCCC(N)C(=O)O)C1C[C@H]1c1ccc(F)cc1. The average Bonchev–Trinajstić information content (AvgIpc) is 3.27. The van der Waals surface area contributed by atoms with Crippen LogP contribution < -0.4 is 5.73 Å². The lowest BCUT2D eigenvalue weighted by Crippen LogP contribution is -2.33. The summed E-state index contributed by atoms with van der Waals surface area (Å²) in [4.78, 5) is 13.0. The number of aliphatic carboxylic acids is 1. The summed E-state index contributed by atoms with van der Waals surface area (Å²) in [5.74, 6) is -0.744. The van der Waals surface area contributed by atoms with Crippen LogP contribution in [0, 0.1) is 5.82 Å². The van der Waals surface area contributed by atoms with Gasteiger partial charge in [-0.15, -0.1) is 6.58 Å². The zero-order chi connectivity index (χ0) is 16.1. The highest BCUT2D eigenvalue weighted by atomic mass is 19.1. The van der Waals surface area contributed by atoms with Gasteiger partial charge in [-0.3, -0.25) is 9.69 Å². The molecule has 1 aromatic carbocycles. The Morgan fingerprint density at radius 2 is 2.18 bits per heavy atom. The van der Waals surface area contributed by atoms with Crippen molar-refractivity contribution in [2.24, 2.45) is 5.73 Å². The van der Waals surface area contributed by atoms with Gasteiger partial charge in [0.1, 0.15) is 11.9 Å². The summed E-state index contributed by atoms with van der Waals surface area (Å²) in [6, 6.07) is 6.30. The van der Waals surface area contributed by atoms with E-state index in [9.17, 15) is 9.18 Å². The van der Waals surface area contributed by atoms with Gasteiger partial charge in [0.25, 0.3) is 0 Å². The van der Waals surface area contributed by atoms with Crippen LogP contribution >= 0.6 is 0 Å². The van der Waals surface area contributed by atoms with Crippen molar-refractivity contribution in [1.29, 1.82) is 0 Å². The molecule has 4 nitrogen and oxygen atoms in total. The van der Waals surface area contributed by atoms with E-state index in [-0.39, 0.29) is 5.82 Å². The lowest BCUT2D eigenvalue weighted by molar-refractivity contribution is -0.138. The molecule has 0 bridgehead atoms. The van der Waals surface area contributed by atoms with Crippen molar-refractivity contribution in [3.05, 3.63) is 48.3 Å². The summed E-state index contributed by atoms with van der Waals surface area (Å²) in [7, 11) is 0. The fourth-order valence-corrected chi connectivity index (χ4v) is 2.85. The third kappa shape index (κ3) is 4.39. The zero-order valence-electron chi connectivity index (χ0n) is 12.6. The maximum Gasteiger partial charge on any atom is 0.320 e. The first-order valence-corrected chi connectivity index (χ1v) is 7.61. The number of nitrogens with zero attached hydrogens (tertiary/aromatic N) is 1. The Kier molecular flexibility index (Phi) is 5.69. The van der Waals surface area contributed by atoms with E-state index in [1.807, 2.05) is 18.2 Å². The first-order valence-electron chi connectivity index (χ1n) is 7.61. The molecule has 3 N–H and O–H groups in total. The minimum Gasteiger partial charge on any atom is -0.480 e. The van der Waals surface area contributed by atoms with Crippen molar-refractivity contribution in [3.63, 3.8) is 0 Å². The van der Waals surface area contributed by atoms with Gasteiger partial charge < -0.3 is 10.8 Å². The maximum atomic E-state index is 13.0. The van der Waals surface area contributed by atoms with Gasteiger partial charge in [0.2, 0.25) is 0 Å². The summed E-state index contributed by atoms with van der Waals surface area (Å²) < 4.78 is 13.0. The second-order valence-electron chi connectivity index (χ2n) is 5.83. The van der Waals surface area contributed by atoms with Gasteiger partial charge in [-0.1, -0.05) is 18.2 Å². The van der Waals surface area contributed by atoms with Crippen LogP contribution in [0.15, 0.2) is 36.9 Å². The molecule has 120 valence electrons. The summed E-state index contributed by atoms with van der Waals surface area (Å²) in [6.45, 7) is 5.35. The summed E-state index contributed by atoms with van der Waals surface area (Å²) >= 11 is 0. The zero-order valence-corrected chi connectivity index (χ0v) is 12.6. The van der Waals surface area contributed by atoms with Crippen molar-refractivity contribution in [1.82, 2.24) is 4.90 Å². The highest BCUT2D eigenvalue weighted by Crippen LogP contribution is 2.44. The first-order chi connectivity index (χ1) is 10.5. The standard InChI is InChI=1S/C17H23FN2O2/c1-2-9-20(10-3-4-15(19)17(21)22)16-11-14(16)12-5-7-13(18)8-6-12/h2,5-8,14-16H,1,3-4,9-11,19H2,(H,21,22)/t14-,15?,16?/m0/s1. The molecule has 0 saturated heterocycles. The number of carboxylic acids is 1. The van der Waals surface area contributed by atoms with Crippen LogP contribution in [-0.2, 0) is 4.79 Å². The van der Waals surface area contributed by atoms with Crippen LogP contribution in [0.5, 0.6) is 0 Å². The molecule has 0 aromatic heterocycles. The minimum absolute atomic E-state index is 0.216. The average molecular weight is 306 g/mol. The Morgan fingerprint density at radius 3 is 2.77 bits per heavy atom. The molecule has 1 aliphatic carbocycles. The first kappa shape index (κ1) is 16.6.